The summed E-state index contributed by atoms with van der Waals surface area (Å²) in [5.74, 6) is 1.48. The van der Waals surface area contributed by atoms with E-state index in [1.54, 1.807) is 31.4 Å². The molecule has 0 bridgehead atoms. The van der Waals surface area contributed by atoms with Crippen molar-refractivity contribution in [2.75, 3.05) is 13.1 Å². The van der Waals surface area contributed by atoms with Gasteiger partial charge < -0.3 is 14.3 Å². The summed E-state index contributed by atoms with van der Waals surface area (Å²) in [6.45, 7) is 2.62. The topological polar surface area (TPSA) is 119 Å². The standard InChI is InChI=1S/C21H24N4O5S2/c1-13-18(10-17(31-13)19-23-21(30-24-19)14-6-7-14)32(27,28)25-8-2-4-15(12-25)20(26)22-11-16-5-3-9-29-16/h3,5,9-10,14-15H,2,4,6-8,11-12H2,1H3,(H,22,26)/t15-/m0/s1. The highest BCUT2D eigenvalue weighted by Crippen LogP contribution is 2.41. The first kappa shape index (κ1) is 21.4. The van der Waals surface area contributed by atoms with Gasteiger partial charge in [0, 0.05) is 23.9 Å². The van der Waals surface area contributed by atoms with E-state index in [9.17, 15) is 13.2 Å². The van der Waals surface area contributed by atoms with Gasteiger partial charge in [-0.1, -0.05) is 5.16 Å². The number of aryl methyl sites for hydroxylation is 1. The molecule has 1 atom stereocenters. The fourth-order valence-corrected chi connectivity index (χ4v) is 6.92. The fraction of sp³-hybridized carbons (Fsp3) is 0.476. The lowest BCUT2D eigenvalue weighted by Crippen LogP contribution is -2.45. The number of piperidine rings is 1. The van der Waals surface area contributed by atoms with Gasteiger partial charge in [0.15, 0.2) is 0 Å². The lowest BCUT2D eigenvalue weighted by Gasteiger charge is -2.31. The third-order valence-electron chi connectivity index (χ3n) is 5.85. The number of furan rings is 1. The average Bonchev–Trinajstić information content (AvgIpc) is 3.18. The van der Waals surface area contributed by atoms with Gasteiger partial charge in [-0.2, -0.15) is 9.29 Å². The molecule has 1 amide bonds. The molecule has 0 radical (unpaired) electrons. The molecule has 1 saturated carbocycles. The van der Waals surface area contributed by atoms with Crippen molar-refractivity contribution in [2.45, 2.75) is 50.0 Å². The van der Waals surface area contributed by atoms with Gasteiger partial charge in [0.25, 0.3) is 0 Å². The largest absolute Gasteiger partial charge is 0.467 e. The van der Waals surface area contributed by atoms with Gasteiger partial charge in [-0.15, -0.1) is 11.3 Å². The number of hydrogen-bond donors (Lipinski definition) is 1. The van der Waals surface area contributed by atoms with Crippen LogP contribution in [0.2, 0.25) is 0 Å². The van der Waals surface area contributed by atoms with Crippen LogP contribution in [0.1, 0.15) is 48.1 Å². The van der Waals surface area contributed by atoms with E-state index in [2.05, 4.69) is 15.5 Å². The first-order chi connectivity index (χ1) is 15.4. The normalized spacial score (nSPS) is 19.8. The molecule has 1 aliphatic carbocycles. The highest BCUT2D eigenvalue weighted by Gasteiger charge is 2.35. The zero-order chi connectivity index (χ0) is 22.3. The van der Waals surface area contributed by atoms with Crippen molar-refractivity contribution in [1.29, 1.82) is 0 Å². The molecule has 3 aromatic heterocycles. The van der Waals surface area contributed by atoms with Crippen molar-refractivity contribution in [3.05, 3.63) is 41.0 Å². The van der Waals surface area contributed by atoms with Crippen molar-refractivity contribution in [3.63, 3.8) is 0 Å². The number of carbonyl (C=O) groups excluding carboxylic acids is 1. The highest BCUT2D eigenvalue weighted by atomic mass is 32.2. The molecular formula is C21H24N4O5S2. The van der Waals surface area contributed by atoms with Crippen LogP contribution in [0.5, 0.6) is 0 Å². The number of carbonyl (C=O) groups is 1. The Balaban J connectivity index is 1.30. The van der Waals surface area contributed by atoms with E-state index in [-0.39, 0.29) is 23.9 Å². The van der Waals surface area contributed by atoms with Crippen LogP contribution < -0.4 is 5.32 Å². The van der Waals surface area contributed by atoms with E-state index >= 15 is 0 Å². The molecule has 32 heavy (non-hydrogen) atoms. The maximum atomic E-state index is 13.4. The zero-order valence-corrected chi connectivity index (χ0v) is 19.2. The van der Waals surface area contributed by atoms with E-state index in [1.807, 2.05) is 0 Å². The minimum absolute atomic E-state index is 0.158. The number of hydrogen-bond acceptors (Lipinski definition) is 8. The molecule has 2 fully saturated rings. The maximum absolute atomic E-state index is 13.4. The van der Waals surface area contributed by atoms with Crippen molar-refractivity contribution < 1.29 is 22.2 Å². The Labute approximate surface area is 189 Å². The second-order valence-electron chi connectivity index (χ2n) is 8.26. The fourth-order valence-electron chi connectivity index (χ4n) is 3.91. The second kappa shape index (κ2) is 8.45. The van der Waals surface area contributed by atoms with Crippen LogP contribution >= 0.6 is 11.3 Å². The predicted octanol–water partition coefficient (Wildman–Crippen LogP) is 3.29. The molecule has 170 valence electrons. The number of nitrogens with zero attached hydrogens (tertiary/aromatic N) is 3. The summed E-state index contributed by atoms with van der Waals surface area (Å²) < 4.78 is 38.8. The summed E-state index contributed by atoms with van der Waals surface area (Å²) in [7, 11) is -3.74. The Hall–Kier alpha value is -2.50. The molecule has 1 aliphatic heterocycles. The Morgan fingerprint density at radius 1 is 1.34 bits per heavy atom. The number of aromatic nitrogens is 2. The summed E-state index contributed by atoms with van der Waals surface area (Å²) in [5.41, 5.74) is 0. The number of sulfonamides is 1. The summed E-state index contributed by atoms with van der Waals surface area (Å²) in [6.07, 6.45) is 4.93. The van der Waals surface area contributed by atoms with Crippen LogP contribution in [-0.4, -0.2) is 41.9 Å². The van der Waals surface area contributed by atoms with Crippen molar-refractivity contribution in [1.82, 2.24) is 19.8 Å². The van der Waals surface area contributed by atoms with Gasteiger partial charge in [0.2, 0.25) is 27.6 Å². The molecule has 9 nitrogen and oxygen atoms in total. The van der Waals surface area contributed by atoms with Crippen molar-refractivity contribution in [2.24, 2.45) is 5.92 Å². The van der Waals surface area contributed by atoms with Gasteiger partial charge in [0.05, 0.1) is 28.5 Å². The minimum atomic E-state index is -3.74. The number of rotatable bonds is 7. The van der Waals surface area contributed by atoms with Crippen molar-refractivity contribution >= 4 is 27.3 Å². The molecule has 2 aliphatic rings. The Kier molecular flexibility index (Phi) is 5.64. The van der Waals surface area contributed by atoms with Crippen LogP contribution in [-0.2, 0) is 21.4 Å². The zero-order valence-electron chi connectivity index (χ0n) is 17.6. The Morgan fingerprint density at radius 3 is 2.94 bits per heavy atom. The molecule has 0 spiro atoms. The first-order valence-corrected chi connectivity index (χ1v) is 12.9. The van der Waals surface area contributed by atoms with Crippen LogP contribution in [0.15, 0.2) is 38.3 Å². The summed E-state index contributed by atoms with van der Waals surface area (Å²) in [5, 5.41) is 6.87. The van der Waals surface area contributed by atoms with E-state index in [0.717, 1.165) is 12.8 Å². The number of nitrogens with one attached hydrogen (secondary N) is 1. The third kappa shape index (κ3) is 4.24. The van der Waals surface area contributed by atoms with Gasteiger partial charge in [-0.25, -0.2) is 8.42 Å². The number of amides is 1. The molecule has 11 heteroatoms. The van der Waals surface area contributed by atoms with Gasteiger partial charge >= 0.3 is 0 Å². The smallest absolute Gasteiger partial charge is 0.244 e. The molecule has 0 unspecified atom stereocenters. The summed E-state index contributed by atoms with van der Waals surface area (Å²) in [6, 6.07) is 5.17. The van der Waals surface area contributed by atoms with Gasteiger partial charge in [0.1, 0.15) is 5.76 Å². The molecule has 3 aromatic rings. The van der Waals surface area contributed by atoms with Gasteiger partial charge in [-0.05, 0) is 50.8 Å². The molecular weight excluding hydrogens is 452 g/mol. The lowest BCUT2D eigenvalue weighted by molar-refractivity contribution is -0.126. The predicted molar refractivity (Wildman–Crippen MR) is 116 cm³/mol. The Morgan fingerprint density at radius 2 is 2.19 bits per heavy atom. The maximum Gasteiger partial charge on any atom is 0.244 e. The van der Waals surface area contributed by atoms with Crippen molar-refractivity contribution in [3.8, 4) is 10.7 Å². The van der Waals surface area contributed by atoms with E-state index < -0.39 is 15.9 Å². The quantitative estimate of drug-likeness (QED) is 0.556. The molecule has 5 rings (SSSR count). The van der Waals surface area contributed by atoms with Crippen LogP contribution in [0.4, 0.5) is 0 Å². The molecule has 1 saturated heterocycles. The lowest BCUT2D eigenvalue weighted by atomic mass is 9.99. The highest BCUT2D eigenvalue weighted by molar-refractivity contribution is 7.89. The van der Waals surface area contributed by atoms with Crippen LogP contribution in [0.25, 0.3) is 10.7 Å². The first-order valence-electron chi connectivity index (χ1n) is 10.7. The second-order valence-corrected chi connectivity index (χ2v) is 11.4. The van der Waals surface area contributed by atoms with Gasteiger partial charge in [-0.3, -0.25) is 4.79 Å². The third-order valence-corrected chi connectivity index (χ3v) is 9.02. The molecule has 0 aromatic carbocycles. The van der Waals surface area contributed by atoms with E-state index in [1.165, 1.54) is 15.6 Å². The summed E-state index contributed by atoms with van der Waals surface area (Å²) in [4.78, 5) is 18.6. The minimum Gasteiger partial charge on any atom is -0.467 e. The van der Waals surface area contributed by atoms with Crippen LogP contribution in [0, 0.1) is 12.8 Å². The van der Waals surface area contributed by atoms with E-state index in [4.69, 9.17) is 8.94 Å². The monoisotopic (exact) mass is 476 g/mol. The molecule has 4 heterocycles. The van der Waals surface area contributed by atoms with E-state index in [0.29, 0.717) is 52.5 Å². The van der Waals surface area contributed by atoms with Crippen LogP contribution in [0.3, 0.4) is 0 Å². The SMILES string of the molecule is Cc1sc(-c2noc(C3CC3)n2)cc1S(=O)(=O)N1CCC[C@H](C(=O)NCc2ccco2)C1. The summed E-state index contributed by atoms with van der Waals surface area (Å²) >= 11 is 1.34. The average molecular weight is 477 g/mol. The Bertz CT molecular complexity index is 1210. The molecule has 1 N–H and O–H groups in total. The number of thiophene rings is 1.